The van der Waals surface area contributed by atoms with Gasteiger partial charge in [-0.05, 0) is 31.2 Å². The van der Waals surface area contributed by atoms with E-state index >= 15 is 0 Å². The molecule has 0 radical (unpaired) electrons. The van der Waals surface area contributed by atoms with Crippen LogP contribution in [-0.2, 0) is 0 Å². The van der Waals surface area contributed by atoms with Crippen LogP contribution >= 0.6 is 23.2 Å². The number of nitrogens with zero attached hydrogens (tertiary/aromatic N) is 1. The van der Waals surface area contributed by atoms with Gasteiger partial charge in [-0.1, -0.05) is 35.3 Å². The maximum Gasteiger partial charge on any atom is 0.159 e. The van der Waals surface area contributed by atoms with Gasteiger partial charge < -0.3 is 5.32 Å². The summed E-state index contributed by atoms with van der Waals surface area (Å²) in [5.41, 5.74) is 2.16. The minimum atomic E-state index is 0.0180. The molecule has 3 nitrogen and oxygen atoms in total. The Hall–Kier alpha value is -1.58. The highest BCUT2D eigenvalue weighted by Crippen LogP contribution is 2.23. The fourth-order valence-electron chi connectivity index (χ4n) is 1.52. The molecular formula is C13H10Cl2N2O. The van der Waals surface area contributed by atoms with Crippen molar-refractivity contribution in [1.82, 2.24) is 4.98 Å². The Balaban J connectivity index is 2.28. The molecule has 0 aliphatic carbocycles. The van der Waals surface area contributed by atoms with E-state index in [0.717, 1.165) is 11.4 Å². The van der Waals surface area contributed by atoms with Gasteiger partial charge in [0.05, 0.1) is 0 Å². The van der Waals surface area contributed by atoms with Crippen LogP contribution in [0.2, 0.25) is 10.3 Å². The highest BCUT2D eigenvalue weighted by Gasteiger charge is 2.03. The van der Waals surface area contributed by atoms with Crippen LogP contribution in [0.15, 0.2) is 36.4 Å². The molecule has 18 heavy (non-hydrogen) atoms. The number of anilines is 2. The van der Waals surface area contributed by atoms with E-state index in [1.165, 1.54) is 6.92 Å². The number of rotatable bonds is 3. The van der Waals surface area contributed by atoms with Crippen molar-refractivity contribution in [2.24, 2.45) is 0 Å². The second-order valence-corrected chi connectivity index (χ2v) is 4.54. The first kappa shape index (κ1) is 12.9. The topological polar surface area (TPSA) is 42.0 Å². The minimum Gasteiger partial charge on any atom is -0.355 e. The summed E-state index contributed by atoms with van der Waals surface area (Å²) in [7, 11) is 0. The van der Waals surface area contributed by atoms with Crippen LogP contribution in [0.5, 0.6) is 0 Å². The lowest BCUT2D eigenvalue weighted by atomic mass is 10.1. The molecule has 0 aliphatic rings. The van der Waals surface area contributed by atoms with Crippen LogP contribution < -0.4 is 5.32 Å². The van der Waals surface area contributed by atoms with Crippen LogP contribution in [0.3, 0.4) is 0 Å². The Morgan fingerprint density at radius 3 is 2.39 bits per heavy atom. The number of carbonyl (C=O) groups excluding carboxylic acids is 1. The first-order valence-electron chi connectivity index (χ1n) is 5.26. The first-order valence-corrected chi connectivity index (χ1v) is 6.01. The molecule has 0 atom stereocenters. The molecule has 2 aromatic rings. The lowest BCUT2D eigenvalue weighted by Crippen LogP contribution is -1.95. The standard InChI is InChI=1S/C13H10Cl2N2O/c1-8(18)9-3-2-4-10(5-9)16-11-6-12(14)17-13(15)7-11/h2-7H,1H3,(H,16,17). The Bertz CT molecular complexity index is 579. The van der Waals surface area contributed by atoms with Gasteiger partial charge in [-0.25, -0.2) is 4.98 Å². The normalized spacial score (nSPS) is 10.2. The zero-order chi connectivity index (χ0) is 13.1. The monoisotopic (exact) mass is 280 g/mol. The molecule has 1 heterocycles. The van der Waals surface area contributed by atoms with Crippen molar-refractivity contribution in [2.75, 3.05) is 5.32 Å². The molecule has 1 aromatic heterocycles. The van der Waals surface area contributed by atoms with E-state index in [-0.39, 0.29) is 5.78 Å². The molecule has 1 aromatic carbocycles. The summed E-state index contributed by atoms with van der Waals surface area (Å²) < 4.78 is 0. The van der Waals surface area contributed by atoms with Crippen molar-refractivity contribution in [3.8, 4) is 0 Å². The Morgan fingerprint density at radius 2 is 1.78 bits per heavy atom. The zero-order valence-corrected chi connectivity index (χ0v) is 11.1. The van der Waals surface area contributed by atoms with Crippen LogP contribution in [-0.4, -0.2) is 10.8 Å². The number of hydrogen-bond donors (Lipinski definition) is 1. The van der Waals surface area contributed by atoms with Crippen molar-refractivity contribution in [1.29, 1.82) is 0 Å². The molecule has 0 saturated heterocycles. The van der Waals surface area contributed by atoms with E-state index in [9.17, 15) is 4.79 Å². The molecule has 0 unspecified atom stereocenters. The average molecular weight is 281 g/mol. The second-order valence-electron chi connectivity index (χ2n) is 3.76. The Morgan fingerprint density at radius 1 is 1.11 bits per heavy atom. The molecule has 1 N–H and O–H groups in total. The second kappa shape index (κ2) is 5.38. The fraction of sp³-hybridized carbons (Fsp3) is 0.0769. The average Bonchev–Trinajstić information content (AvgIpc) is 2.27. The largest absolute Gasteiger partial charge is 0.355 e. The van der Waals surface area contributed by atoms with E-state index < -0.39 is 0 Å². The highest BCUT2D eigenvalue weighted by molar-refractivity contribution is 6.32. The van der Waals surface area contributed by atoms with E-state index in [2.05, 4.69) is 10.3 Å². The Labute approximate surface area is 115 Å². The Kier molecular flexibility index (Phi) is 3.84. The zero-order valence-electron chi connectivity index (χ0n) is 9.58. The quantitative estimate of drug-likeness (QED) is 0.672. The molecule has 0 fully saturated rings. The highest BCUT2D eigenvalue weighted by atomic mass is 35.5. The van der Waals surface area contributed by atoms with Gasteiger partial charge in [0, 0.05) is 16.9 Å². The van der Waals surface area contributed by atoms with Gasteiger partial charge in [0.1, 0.15) is 10.3 Å². The predicted octanol–water partition coefficient (Wildman–Crippen LogP) is 4.33. The summed E-state index contributed by atoms with van der Waals surface area (Å²) in [6.07, 6.45) is 0. The van der Waals surface area contributed by atoms with Crippen molar-refractivity contribution >= 4 is 40.4 Å². The number of halogens is 2. The van der Waals surface area contributed by atoms with Crippen LogP contribution in [0.4, 0.5) is 11.4 Å². The molecule has 0 spiro atoms. The molecule has 0 amide bonds. The van der Waals surface area contributed by atoms with E-state index in [0.29, 0.717) is 15.9 Å². The van der Waals surface area contributed by atoms with Crippen molar-refractivity contribution in [3.63, 3.8) is 0 Å². The molecule has 92 valence electrons. The van der Waals surface area contributed by atoms with Gasteiger partial charge in [-0.2, -0.15) is 0 Å². The third-order valence-corrected chi connectivity index (χ3v) is 2.71. The SMILES string of the molecule is CC(=O)c1cccc(Nc2cc(Cl)nc(Cl)c2)c1. The predicted molar refractivity (Wildman–Crippen MR) is 74.0 cm³/mol. The molecule has 0 saturated carbocycles. The van der Waals surface area contributed by atoms with E-state index in [1.54, 1.807) is 24.3 Å². The van der Waals surface area contributed by atoms with Gasteiger partial charge in [0.2, 0.25) is 0 Å². The number of ketones is 1. The summed E-state index contributed by atoms with van der Waals surface area (Å²) in [4.78, 5) is 15.1. The number of Topliss-reactive ketones (excluding diaryl/α,β-unsaturated/α-hetero) is 1. The molecular weight excluding hydrogens is 271 g/mol. The first-order chi connectivity index (χ1) is 8.54. The third-order valence-electron chi connectivity index (χ3n) is 2.32. The third kappa shape index (κ3) is 3.22. The number of pyridine rings is 1. The number of carbonyl (C=O) groups is 1. The summed E-state index contributed by atoms with van der Waals surface area (Å²) in [6.45, 7) is 1.53. The van der Waals surface area contributed by atoms with Crippen molar-refractivity contribution < 1.29 is 4.79 Å². The van der Waals surface area contributed by atoms with Crippen LogP contribution in [0.1, 0.15) is 17.3 Å². The van der Waals surface area contributed by atoms with Gasteiger partial charge in [0.15, 0.2) is 5.78 Å². The maximum atomic E-state index is 11.3. The minimum absolute atomic E-state index is 0.0180. The maximum absolute atomic E-state index is 11.3. The number of aromatic nitrogens is 1. The van der Waals surface area contributed by atoms with Gasteiger partial charge >= 0.3 is 0 Å². The lowest BCUT2D eigenvalue weighted by Gasteiger charge is -2.08. The molecule has 2 rings (SSSR count). The number of benzene rings is 1. The summed E-state index contributed by atoms with van der Waals surface area (Å²) in [5, 5.41) is 3.75. The summed E-state index contributed by atoms with van der Waals surface area (Å²) in [6, 6.07) is 10.5. The number of nitrogens with one attached hydrogen (secondary N) is 1. The fourth-order valence-corrected chi connectivity index (χ4v) is 1.98. The summed E-state index contributed by atoms with van der Waals surface area (Å²) in [5.74, 6) is 0.0180. The van der Waals surface area contributed by atoms with Crippen molar-refractivity contribution in [3.05, 3.63) is 52.3 Å². The summed E-state index contributed by atoms with van der Waals surface area (Å²) >= 11 is 11.6. The van der Waals surface area contributed by atoms with E-state index in [1.807, 2.05) is 12.1 Å². The molecule has 0 bridgehead atoms. The van der Waals surface area contributed by atoms with Crippen molar-refractivity contribution in [2.45, 2.75) is 6.92 Å². The number of hydrogen-bond acceptors (Lipinski definition) is 3. The van der Waals surface area contributed by atoms with Gasteiger partial charge in [-0.3, -0.25) is 4.79 Å². The smallest absolute Gasteiger partial charge is 0.159 e. The van der Waals surface area contributed by atoms with Crippen LogP contribution in [0.25, 0.3) is 0 Å². The molecule has 0 aliphatic heterocycles. The lowest BCUT2D eigenvalue weighted by molar-refractivity contribution is 0.101. The van der Waals surface area contributed by atoms with Gasteiger partial charge in [-0.15, -0.1) is 0 Å². The van der Waals surface area contributed by atoms with Crippen LogP contribution in [0, 0.1) is 0 Å². The van der Waals surface area contributed by atoms with E-state index in [4.69, 9.17) is 23.2 Å². The van der Waals surface area contributed by atoms with Gasteiger partial charge in [0.25, 0.3) is 0 Å². The molecule has 5 heteroatoms.